The molecule has 2 aromatic carbocycles. The first kappa shape index (κ1) is 11.3. The molecular formula is C17H15N3. The minimum atomic E-state index is 0.272. The summed E-state index contributed by atoms with van der Waals surface area (Å²) < 4.78 is 0. The van der Waals surface area contributed by atoms with Gasteiger partial charge in [0.1, 0.15) is 0 Å². The number of nitrogens with one attached hydrogen (secondary N) is 1. The number of hydrogen-bond donors (Lipinski definition) is 1. The summed E-state index contributed by atoms with van der Waals surface area (Å²) in [4.78, 5) is 3.35. The number of aromatic amines is 1. The van der Waals surface area contributed by atoms with Gasteiger partial charge in [-0.15, -0.1) is 0 Å². The Morgan fingerprint density at radius 2 is 1.80 bits per heavy atom. The molecule has 1 atom stereocenters. The molecule has 0 bridgehead atoms. The van der Waals surface area contributed by atoms with Crippen LogP contribution in [0.25, 0.3) is 10.9 Å². The average molecular weight is 261 g/mol. The maximum atomic E-state index is 4.54. The zero-order chi connectivity index (χ0) is 13.4. The van der Waals surface area contributed by atoms with Crippen molar-refractivity contribution in [1.82, 2.24) is 4.98 Å². The molecule has 3 heteroatoms. The van der Waals surface area contributed by atoms with E-state index < -0.39 is 0 Å². The Balaban J connectivity index is 1.78. The average Bonchev–Trinajstić information content (AvgIpc) is 3.14. The lowest BCUT2D eigenvalue weighted by molar-refractivity contribution is 0.715. The van der Waals surface area contributed by atoms with Crippen molar-refractivity contribution in [3.8, 4) is 0 Å². The predicted octanol–water partition coefficient (Wildman–Crippen LogP) is 4.11. The van der Waals surface area contributed by atoms with Gasteiger partial charge in [-0.1, -0.05) is 36.4 Å². The fourth-order valence-corrected chi connectivity index (χ4v) is 2.87. The molecule has 0 amide bonds. The molecule has 0 aliphatic carbocycles. The minimum absolute atomic E-state index is 0.272. The Hall–Kier alpha value is -2.55. The molecule has 0 saturated heterocycles. The van der Waals surface area contributed by atoms with Crippen LogP contribution in [-0.2, 0) is 0 Å². The van der Waals surface area contributed by atoms with Crippen LogP contribution in [0.5, 0.6) is 0 Å². The fraction of sp³-hybridized carbons (Fsp3) is 0.118. The summed E-state index contributed by atoms with van der Waals surface area (Å²) in [6, 6.07) is 19.0. The van der Waals surface area contributed by atoms with Gasteiger partial charge in [0.15, 0.2) is 0 Å². The molecule has 1 aliphatic heterocycles. The predicted molar refractivity (Wildman–Crippen MR) is 83.1 cm³/mol. The minimum Gasteiger partial charge on any atom is -0.361 e. The van der Waals surface area contributed by atoms with E-state index in [1.807, 2.05) is 12.3 Å². The van der Waals surface area contributed by atoms with Crippen LogP contribution in [0.15, 0.2) is 65.9 Å². The van der Waals surface area contributed by atoms with Gasteiger partial charge in [0.25, 0.3) is 0 Å². The SMILES string of the molecule is C1=NN(c2ccccc2)C(c2c[nH]c3ccccc23)C1. The molecule has 98 valence electrons. The van der Waals surface area contributed by atoms with E-state index in [0.29, 0.717) is 0 Å². The van der Waals surface area contributed by atoms with E-state index in [1.54, 1.807) is 0 Å². The largest absolute Gasteiger partial charge is 0.361 e. The number of aromatic nitrogens is 1. The zero-order valence-electron chi connectivity index (χ0n) is 11.0. The third-order valence-electron chi connectivity index (χ3n) is 3.83. The first-order chi connectivity index (χ1) is 9.93. The van der Waals surface area contributed by atoms with Crippen LogP contribution in [0, 0.1) is 0 Å². The van der Waals surface area contributed by atoms with Gasteiger partial charge in [0.2, 0.25) is 0 Å². The summed E-state index contributed by atoms with van der Waals surface area (Å²) in [5, 5.41) is 7.93. The van der Waals surface area contributed by atoms with Gasteiger partial charge in [-0.05, 0) is 18.2 Å². The molecule has 1 aromatic heterocycles. The highest BCUT2D eigenvalue weighted by atomic mass is 15.5. The van der Waals surface area contributed by atoms with E-state index in [9.17, 15) is 0 Å². The topological polar surface area (TPSA) is 31.4 Å². The second-order valence-corrected chi connectivity index (χ2v) is 5.02. The van der Waals surface area contributed by atoms with Gasteiger partial charge in [-0.3, -0.25) is 5.01 Å². The number of hydrazone groups is 1. The monoisotopic (exact) mass is 261 g/mol. The molecule has 4 rings (SSSR count). The molecule has 20 heavy (non-hydrogen) atoms. The molecule has 3 nitrogen and oxygen atoms in total. The molecule has 3 aromatic rings. The number of rotatable bonds is 2. The highest BCUT2D eigenvalue weighted by molar-refractivity contribution is 5.85. The summed E-state index contributed by atoms with van der Waals surface area (Å²) in [5.74, 6) is 0. The van der Waals surface area contributed by atoms with E-state index in [1.165, 1.54) is 16.5 Å². The van der Waals surface area contributed by atoms with Crippen molar-refractivity contribution in [2.75, 3.05) is 5.01 Å². The molecule has 0 spiro atoms. The maximum absolute atomic E-state index is 4.54. The normalized spacial score (nSPS) is 18.0. The first-order valence-corrected chi connectivity index (χ1v) is 6.86. The number of hydrogen-bond acceptors (Lipinski definition) is 2. The highest BCUT2D eigenvalue weighted by Gasteiger charge is 2.26. The van der Waals surface area contributed by atoms with Crippen LogP contribution in [0.1, 0.15) is 18.0 Å². The van der Waals surface area contributed by atoms with Gasteiger partial charge in [-0.2, -0.15) is 5.10 Å². The molecule has 0 fully saturated rings. The summed E-state index contributed by atoms with van der Waals surface area (Å²) in [6.45, 7) is 0. The van der Waals surface area contributed by atoms with Crippen LogP contribution in [0.2, 0.25) is 0 Å². The molecular weight excluding hydrogens is 246 g/mol. The second kappa shape index (κ2) is 4.53. The lowest BCUT2D eigenvalue weighted by atomic mass is 10.0. The molecule has 1 N–H and O–H groups in total. The van der Waals surface area contributed by atoms with Crippen molar-refractivity contribution in [1.29, 1.82) is 0 Å². The van der Waals surface area contributed by atoms with E-state index in [2.05, 4.69) is 69.8 Å². The Bertz CT molecular complexity index is 758. The Labute approximate surface area is 117 Å². The fourth-order valence-electron chi connectivity index (χ4n) is 2.87. The Morgan fingerprint density at radius 1 is 1.00 bits per heavy atom. The summed E-state index contributed by atoms with van der Waals surface area (Å²) in [7, 11) is 0. The van der Waals surface area contributed by atoms with Gasteiger partial charge >= 0.3 is 0 Å². The lowest BCUT2D eigenvalue weighted by Crippen LogP contribution is -2.18. The first-order valence-electron chi connectivity index (χ1n) is 6.86. The summed E-state index contributed by atoms with van der Waals surface area (Å²) in [5.41, 5.74) is 3.63. The van der Waals surface area contributed by atoms with Crippen molar-refractivity contribution in [3.63, 3.8) is 0 Å². The van der Waals surface area contributed by atoms with E-state index in [0.717, 1.165) is 12.1 Å². The molecule has 0 radical (unpaired) electrons. The summed E-state index contributed by atoms with van der Waals surface area (Å²) in [6.07, 6.45) is 5.05. The van der Waals surface area contributed by atoms with E-state index in [-0.39, 0.29) is 6.04 Å². The second-order valence-electron chi connectivity index (χ2n) is 5.02. The van der Waals surface area contributed by atoms with Crippen LogP contribution >= 0.6 is 0 Å². The van der Waals surface area contributed by atoms with E-state index in [4.69, 9.17) is 0 Å². The van der Waals surface area contributed by atoms with Crippen molar-refractivity contribution in [2.24, 2.45) is 5.10 Å². The smallest absolute Gasteiger partial charge is 0.0845 e. The van der Waals surface area contributed by atoms with Gasteiger partial charge in [0.05, 0.1) is 11.7 Å². The van der Waals surface area contributed by atoms with Crippen molar-refractivity contribution < 1.29 is 0 Å². The highest BCUT2D eigenvalue weighted by Crippen LogP contribution is 2.36. The van der Waals surface area contributed by atoms with Crippen LogP contribution in [-0.4, -0.2) is 11.2 Å². The van der Waals surface area contributed by atoms with Gasteiger partial charge in [0, 0.05) is 35.3 Å². The molecule has 1 aliphatic rings. The number of H-pyrrole nitrogens is 1. The molecule has 0 saturated carbocycles. The Morgan fingerprint density at radius 3 is 2.70 bits per heavy atom. The van der Waals surface area contributed by atoms with Crippen LogP contribution < -0.4 is 5.01 Å². The third-order valence-corrected chi connectivity index (χ3v) is 3.83. The number of para-hydroxylation sites is 2. The molecule has 1 unspecified atom stereocenters. The standard InChI is InChI=1S/C17H15N3/c1-2-6-13(7-3-1)20-17(10-11-19-20)15-12-18-16-9-5-4-8-14(15)16/h1-9,11-12,17-18H,10H2. The van der Waals surface area contributed by atoms with Crippen molar-refractivity contribution in [3.05, 3.63) is 66.4 Å². The lowest BCUT2D eigenvalue weighted by Gasteiger charge is -2.23. The van der Waals surface area contributed by atoms with E-state index >= 15 is 0 Å². The number of anilines is 1. The summed E-state index contributed by atoms with van der Waals surface area (Å²) >= 11 is 0. The zero-order valence-corrected chi connectivity index (χ0v) is 11.0. The number of nitrogens with zero attached hydrogens (tertiary/aromatic N) is 2. The Kier molecular flexibility index (Phi) is 2.56. The number of benzene rings is 2. The maximum Gasteiger partial charge on any atom is 0.0845 e. The van der Waals surface area contributed by atoms with Crippen LogP contribution in [0.4, 0.5) is 5.69 Å². The van der Waals surface area contributed by atoms with Gasteiger partial charge in [-0.25, -0.2) is 0 Å². The van der Waals surface area contributed by atoms with Gasteiger partial charge < -0.3 is 4.98 Å². The quantitative estimate of drug-likeness (QED) is 0.739. The number of fused-ring (bicyclic) bond motifs is 1. The van der Waals surface area contributed by atoms with Crippen LogP contribution in [0.3, 0.4) is 0 Å². The third kappa shape index (κ3) is 1.71. The van der Waals surface area contributed by atoms with Crippen molar-refractivity contribution >= 4 is 22.8 Å². The van der Waals surface area contributed by atoms with Crippen molar-refractivity contribution in [2.45, 2.75) is 12.5 Å². The molecule has 2 heterocycles.